The molecule has 0 fully saturated rings. The fourth-order valence-corrected chi connectivity index (χ4v) is 3.25. The predicted molar refractivity (Wildman–Crippen MR) is 88.9 cm³/mol. The topological polar surface area (TPSA) is 38.3 Å². The van der Waals surface area contributed by atoms with Crippen LogP contribution in [-0.4, -0.2) is 29.3 Å². The van der Waals surface area contributed by atoms with E-state index in [1.165, 1.54) is 19.2 Å². The van der Waals surface area contributed by atoms with Crippen molar-refractivity contribution < 1.29 is 22.1 Å². The first-order valence-electron chi connectivity index (χ1n) is 7.22. The number of rotatable bonds is 6. The lowest BCUT2D eigenvalue weighted by Crippen LogP contribution is -2.40. The molecule has 0 bridgehead atoms. The molecule has 3 nitrogen and oxygen atoms in total. The average molecular weight is 357 g/mol. The van der Waals surface area contributed by atoms with E-state index in [4.69, 9.17) is 4.74 Å². The monoisotopic (exact) mass is 357 g/mol. The lowest BCUT2D eigenvalue weighted by molar-refractivity contribution is -0.137. The van der Waals surface area contributed by atoms with Crippen LogP contribution in [0.2, 0.25) is 0 Å². The van der Waals surface area contributed by atoms with E-state index in [1.54, 1.807) is 36.4 Å². The van der Waals surface area contributed by atoms with Crippen LogP contribution in [0.1, 0.15) is 5.56 Å². The molecular formula is C17H18F3NO2S. The van der Waals surface area contributed by atoms with Crippen LogP contribution in [0.15, 0.2) is 53.4 Å². The molecule has 2 rings (SSSR count). The van der Waals surface area contributed by atoms with Crippen LogP contribution in [0.25, 0.3) is 0 Å². The Balaban J connectivity index is 2.13. The van der Waals surface area contributed by atoms with E-state index in [1.807, 2.05) is 6.92 Å². The van der Waals surface area contributed by atoms with Crippen LogP contribution >= 0.6 is 0 Å². The largest absolute Gasteiger partial charge is 0.497 e. The van der Waals surface area contributed by atoms with Gasteiger partial charge in [0.25, 0.3) is 0 Å². The number of aryl methyl sites for hydroxylation is 1. The molecule has 0 aromatic heterocycles. The third-order valence-electron chi connectivity index (χ3n) is 3.43. The van der Waals surface area contributed by atoms with Crippen molar-refractivity contribution >= 4 is 16.5 Å². The van der Waals surface area contributed by atoms with Crippen molar-refractivity contribution in [1.82, 2.24) is 0 Å². The van der Waals surface area contributed by atoms with Gasteiger partial charge in [-0.2, -0.15) is 13.2 Å². The fraction of sp³-hybridized carbons (Fsp3) is 0.294. The average Bonchev–Trinajstić information content (AvgIpc) is 2.54. The Labute approximate surface area is 141 Å². The molecule has 0 unspecified atom stereocenters. The number of nitrogens with one attached hydrogen (secondary N) is 1. The smallest absolute Gasteiger partial charge is 0.409 e. The number of hydrogen-bond donors (Lipinski definition) is 1. The summed E-state index contributed by atoms with van der Waals surface area (Å²) in [4.78, 5) is 0.381. The third-order valence-corrected chi connectivity index (χ3v) is 4.86. The summed E-state index contributed by atoms with van der Waals surface area (Å²) in [5.74, 6) is -0.00849. The van der Waals surface area contributed by atoms with Gasteiger partial charge in [0.15, 0.2) is 0 Å². The van der Waals surface area contributed by atoms with Crippen molar-refractivity contribution in [3.63, 3.8) is 0 Å². The zero-order chi connectivity index (χ0) is 17.7. The van der Waals surface area contributed by atoms with E-state index in [0.717, 1.165) is 5.56 Å². The van der Waals surface area contributed by atoms with Gasteiger partial charge in [0, 0.05) is 10.6 Å². The molecule has 0 aliphatic rings. The normalized spacial score (nSPS) is 14.0. The Kier molecular flexibility index (Phi) is 5.88. The Morgan fingerprint density at radius 3 is 2.17 bits per heavy atom. The van der Waals surface area contributed by atoms with Crippen LogP contribution in [-0.2, 0) is 10.8 Å². The Hall–Kier alpha value is -2.02. The van der Waals surface area contributed by atoms with Crippen LogP contribution < -0.4 is 10.1 Å². The minimum Gasteiger partial charge on any atom is -0.497 e. The summed E-state index contributed by atoms with van der Waals surface area (Å²) < 4.78 is 57.0. The first-order chi connectivity index (χ1) is 11.3. The molecule has 2 aromatic carbocycles. The highest BCUT2D eigenvalue weighted by Gasteiger charge is 2.40. The van der Waals surface area contributed by atoms with Crippen LogP contribution in [0, 0.1) is 6.92 Å². The Bertz CT molecular complexity index is 684. The molecular weight excluding hydrogens is 339 g/mol. The van der Waals surface area contributed by atoms with Crippen molar-refractivity contribution in [3.05, 3.63) is 54.1 Å². The van der Waals surface area contributed by atoms with Crippen molar-refractivity contribution in [3.8, 4) is 5.75 Å². The van der Waals surface area contributed by atoms with Gasteiger partial charge in [-0.05, 0) is 43.3 Å². The molecule has 2 aromatic rings. The number of benzene rings is 2. The molecule has 24 heavy (non-hydrogen) atoms. The minimum absolute atomic E-state index is 0.291. The van der Waals surface area contributed by atoms with Gasteiger partial charge < -0.3 is 10.1 Å². The summed E-state index contributed by atoms with van der Waals surface area (Å²) in [7, 11) is -0.277. The summed E-state index contributed by atoms with van der Waals surface area (Å²) in [6.45, 7) is 1.86. The van der Waals surface area contributed by atoms with E-state index in [0.29, 0.717) is 16.3 Å². The van der Waals surface area contributed by atoms with Gasteiger partial charge in [-0.15, -0.1) is 0 Å². The van der Waals surface area contributed by atoms with E-state index in [2.05, 4.69) is 5.32 Å². The number of methoxy groups -OCH3 is 1. The van der Waals surface area contributed by atoms with Gasteiger partial charge in [0.2, 0.25) is 0 Å². The Morgan fingerprint density at radius 1 is 1.08 bits per heavy atom. The molecule has 0 saturated heterocycles. The van der Waals surface area contributed by atoms with Crippen molar-refractivity contribution in [2.24, 2.45) is 0 Å². The highest BCUT2D eigenvalue weighted by Crippen LogP contribution is 2.26. The highest BCUT2D eigenvalue weighted by molar-refractivity contribution is 7.85. The second-order valence-corrected chi connectivity index (χ2v) is 6.79. The highest BCUT2D eigenvalue weighted by atomic mass is 32.2. The molecule has 0 aliphatic carbocycles. The molecule has 130 valence electrons. The van der Waals surface area contributed by atoms with Gasteiger partial charge in [-0.3, -0.25) is 4.21 Å². The van der Waals surface area contributed by atoms with Gasteiger partial charge in [-0.1, -0.05) is 17.7 Å². The zero-order valence-corrected chi connectivity index (χ0v) is 14.1. The molecule has 0 heterocycles. The summed E-state index contributed by atoms with van der Waals surface area (Å²) >= 11 is 0. The van der Waals surface area contributed by atoms with Crippen molar-refractivity contribution in [1.29, 1.82) is 0 Å². The summed E-state index contributed by atoms with van der Waals surface area (Å²) in [5, 5.41) is 2.41. The van der Waals surface area contributed by atoms with Gasteiger partial charge in [0.1, 0.15) is 11.8 Å². The zero-order valence-electron chi connectivity index (χ0n) is 13.3. The first kappa shape index (κ1) is 18.3. The molecule has 0 saturated carbocycles. The minimum atomic E-state index is -4.51. The fourth-order valence-electron chi connectivity index (χ4n) is 2.04. The number of alkyl halides is 3. The van der Waals surface area contributed by atoms with E-state index in [9.17, 15) is 17.4 Å². The number of halogens is 3. The first-order valence-corrected chi connectivity index (χ1v) is 8.54. The SMILES string of the molecule is COc1ccc(N[C@H](C[S@@](=O)c2ccc(C)cc2)C(F)(F)F)cc1. The lowest BCUT2D eigenvalue weighted by Gasteiger charge is -2.22. The molecule has 0 radical (unpaired) electrons. The van der Waals surface area contributed by atoms with Gasteiger partial charge >= 0.3 is 6.18 Å². The van der Waals surface area contributed by atoms with Gasteiger partial charge in [-0.25, -0.2) is 0 Å². The predicted octanol–water partition coefficient (Wildman–Crippen LogP) is 4.15. The molecule has 1 N–H and O–H groups in total. The van der Waals surface area contributed by atoms with Crippen molar-refractivity contribution in [2.45, 2.75) is 24.0 Å². The summed E-state index contributed by atoms with van der Waals surface area (Å²) in [6, 6.07) is 10.8. The number of ether oxygens (including phenoxy) is 1. The standard InChI is InChI=1S/C17H18F3NO2S/c1-12-3-9-15(10-4-12)24(22)11-16(17(18,19)20)21-13-5-7-14(23-2)8-6-13/h3-10,16,21H,11H2,1-2H3/t16-,24-/m1/s1. The maximum atomic E-state index is 13.3. The van der Waals surface area contributed by atoms with Crippen LogP contribution in [0.3, 0.4) is 0 Å². The Morgan fingerprint density at radius 2 is 1.67 bits per heavy atom. The van der Waals surface area contributed by atoms with Crippen molar-refractivity contribution in [2.75, 3.05) is 18.2 Å². The maximum Gasteiger partial charge on any atom is 0.409 e. The van der Waals surface area contributed by atoms with Crippen LogP contribution in [0.5, 0.6) is 5.75 Å². The summed E-state index contributed by atoms with van der Waals surface area (Å²) in [6.07, 6.45) is -4.51. The second-order valence-electron chi connectivity index (χ2n) is 5.29. The number of hydrogen-bond acceptors (Lipinski definition) is 3. The maximum absolute atomic E-state index is 13.3. The van der Waals surface area contributed by atoms with Crippen LogP contribution in [0.4, 0.5) is 18.9 Å². The molecule has 7 heteroatoms. The second kappa shape index (κ2) is 7.70. The molecule has 2 atom stereocenters. The number of anilines is 1. The quantitative estimate of drug-likeness (QED) is 0.844. The molecule has 0 aliphatic heterocycles. The third kappa shape index (κ3) is 4.99. The summed E-state index contributed by atoms with van der Waals surface area (Å²) in [5.41, 5.74) is 1.25. The molecule has 0 amide bonds. The van der Waals surface area contributed by atoms with E-state index in [-0.39, 0.29) is 0 Å². The van der Waals surface area contributed by atoms with E-state index >= 15 is 0 Å². The van der Waals surface area contributed by atoms with E-state index < -0.39 is 28.8 Å². The molecule has 0 spiro atoms. The van der Waals surface area contributed by atoms with Gasteiger partial charge in [0.05, 0.1) is 23.7 Å². The lowest BCUT2D eigenvalue weighted by atomic mass is 10.2.